The third-order valence-electron chi connectivity index (χ3n) is 3.24. The summed E-state index contributed by atoms with van der Waals surface area (Å²) < 4.78 is 5.55. The summed E-state index contributed by atoms with van der Waals surface area (Å²) in [6.07, 6.45) is 4.33. The molecular weight excluding hydrogens is 240 g/mol. The molecular formula is C12H20O2S2. The van der Waals surface area contributed by atoms with Crippen LogP contribution in [0.25, 0.3) is 0 Å². The van der Waals surface area contributed by atoms with E-state index < -0.39 is 0 Å². The van der Waals surface area contributed by atoms with Crippen molar-refractivity contribution in [3.05, 3.63) is 0 Å². The van der Waals surface area contributed by atoms with Crippen molar-refractivity contribution in [2.45, 2.75) is 49.2 Å². The monoisotopic (exact) mass is 260 g/mol. The van der Waals surface area contributed by atoms with Gasteiger partial charge in [0.2, 0.25) is 0 Å². The van der Waals surface area contributed by atoms with Gasteiger partial charge in [-0.15, -0.1) is 11.8 Å². The second-order valence-electron chi connectivity index (χ2n) is 4.51. The van der Waals surface area contributed by atoms with Crippen molar-refractivity contribution in [3.8, 4) is 0 Å². The first-order valence-corrected chi connectivity index (χ1v) is 8.24. The normalized spacial score (nSPS) is 35.2. The van der Waals surface area contributed by atoms with Gasteiger partial charge >= 0.3 is 0 Å². The molecule has 3 atom stereocenters. The largest absolute Gasteiger partial charge is 0.378 e. The van der Waals surface area contributed by atoms with Gasteiger partial charge in [0.25, 0.3) is 0 Å². The van der Waals surface area contributed by atoms with Crippen LogP contribution in [0.1, 0.15) is 32.6 Å². The van der Waals surface area contributed by atoms with Crippen molar-refractivity contribution in [1.82, 2.24) is 0 Å². The molecule has 0 aromatic rings. The minimum Gasteiger partial charge on any atom is -0.378 e. The minimum atomic E-state index is 0.236. The number of rotatable bonds is 4. The van der Waals surface area contributed by atoms with Gasteiger partial charge < -0.3 is 4.74 Å². The lowest BCUT2D eigenvalue weighted by atomic mass is 10.1. The summed E-state index contributed by atoms with van der Waals surface area (Å²) in [5, 5.41) is 0.732. The topological polar surface area (TPSA) is 26.3 Å². The Morgan fingerprint density at radius 2 is 2.19 bits per heavy atom. The maximum Gasteiger partial charge on any atom is 0.147 e. The number of thioether (sulfide) groups is 2. The molecule has 0 radical (unpaired) electrons. The van der Waals surface area contributed by atoms with Crippen LogP contribution in [0.5, 0.6) is 0 Å². The fourth-order valence-corrected chi connectivity index (χ4v) is 5.07. The molecule has 4 heteroatoms. The molecule has 16 heavy (non-hydrogen) atoms. The molecule has 2 heterocycles. The molecule has 92 valence electrons. The second kappa shape index (κ2) is 6.31. The van der Waals surface area contributed by atoms with Gasteiger partial charge in [0, 0.05) is 29.8 Å². The first-order valence-electron chi connectivity index (χ1n) is 6.15. The van der Waals surface area contributed by atoms with Gasteiger partial charge in [-0.05, 0) is 19.3 Å². The van der Waals surface area contributed by atoms with Crippen LogP contribution >= 0.6 is 23.5 Å². The highest BCUT2D eigenvalue weighted by Gasteiger charge is 2.29. The van der Waals surface area contributed by atoms with E-state index in [1.54, 1.807) is 0 Å². The molecule has 2 aliphatic rings. The Morgan fingerprint density at radius 1 is 1.38 bits per heavy atom. The molecule has 2 nitrogen and oxygen atoms in total. The molecule has 0 aromatic carbocycles. The van der Waals surface area contributed by atoms with Gasteiger partial charge in [-0.1, -0.05) is 6.92 Å². The van der Waals surface area contributed by atoms with E-state index >= 15 is 0 Å². The van der Waals surface area contributed by atoms with E-state index in [0.717, 1.165) is 25.2 Å². The SMILES string of the molecule is CC1SCCSC1C(=O)CCC1CCCO1. The van der Waals surface area contributed by atoms with Gasteiger partial charge in [-0.25, -0.2) is 0 Å². The van der Waals surface area contributed by atoms with Crippen LogP contribution in [0.15, 0.2) is 0 Å². The Labute approximate surface area is 106 Å². The number of ketones is 1. The summed E-state index contributed by atoms with van der Waals surface area (Å²) in [6, 6.07) is 0. The summed E-state index contributed by atoms with van der Waals surface area (Å²) >= 11 is 3.79. The maximum absolute atomic E-state index is 12.1. The lowest BCUT2D eigenvalue weighted by Gasteiger charge is -2.26. The molecule has 2 saturated heterocycles. The van der Waals surface area contributed by atoms with E-state index in [1.807, 2.05) is 23.5 Å². The van der Waals surface area contributed by atoms with Crippen molar-refractivity contribution in [3.63, 3.8) is 0 Å². The smallest absolute Gasteiger partial charge is 0.147 e. The Morgan fingerprint density at radius 3 is 2.88 bits per heavy atom. The average molecular weight is 260 g/mol. The minimum absolute atomic E-state index is 0.236. The molecule has 0 N–H and O–H groups in total. The third kappa shape index (κ3) is 3.41. The van der Waals surface area contributed by atoms with E-state index in [2.05, 4.69) is 6.92 Å². The standard InChI is InChI=1S/C12H20O2S2/c1-9-12(16-8-7-15-9)11(13)5-4-10-3-2-6-14-10/h9-10,12H,2-8H2,1H3. The number of hydrogen-bond donors (Lipinski definition) is 0. The summed E-state index contributed by atoms with van der Waals surface area (Å²) in [5.74, 6) is 2.77. The van der Waals surface area contributed by atoms with Crippen LogP contribution in [-0.2, 0) is 9.53 Å². The summed E-state index contributed by atoms with van der Waals surface area (Å²) in [5.41, 5.74) is 0. The van der Waals surface area contributed by atoms with Crippen LogP contribution < -0.4 is 0 Å². The van der Waals surface area contributed by atoms with Crippen molar-refractivity contribution in [2.75, 3.05) is 18.1 Å². The van der Waals surface area contributed by atoms with Gasteiger partial charge in [-0.3, -0.25) is 4.79 Å². The van der Waals surface area contributed by atoms with E-state index in [-0.39, 0.29) is 5.25 Å². The third-order valence-corrected chi connectivity index (χ3v) is 6.38. The molecule has 3 unspecified atom stereocenters. The van der Waals surface area contributed by atoms with Crippen LogP contribution in [0, 0.1) is 0 Å². The van der Waals surface area contributed by atoms with Gasteiger partial charge in [0.15, 0.2) is 0 Å². The lowest BCUT2D eigenvalue weighted by molar-refractivity contribution is -0.119. The predicted molar refractivity (Wildman–Crippen MR) is 71.4 cm³/mol. The molecule has 0 aromatic heterocycles. The maximum atomic E-state index is 12.1. The molecule has 0 saturated carbocycles. The van der Waals surface area contributed by atoms with Crippen LogP contribution in [0.4, 0.5) is 0 Å². The Bertz CT molecular complexity index is 239. The lowest BCUT2D eigenvalue weighted by Crippen LogP contribution is -2.31. The van der Waals surface area contributed by atoms with E-state index in [9.17, 15) is 4.79 Å². The van der Waals surface area contributed by atoms with Crippen LogP contribution in [0.3, 0.4) is 0 Å². The zero-order valence-electron chi connectivity index (χ0n) is 9.81. The van der Waals surface area contributed by atoms with Crippen molar-refractivity contribution in [2.24, 2.45) is 0 Å². The summed E-state index contributed by atoms with van der Waals surface area (Å²) in [4.78, 5) is 12.1. The van der Waals surface area contributed by atoms with Gasteiger partial charge in [0.1, 0.15) is 5.78 Å². The van der Waals surface area contributed by atoms with Crippen molar-refractivity contribution >= 4 is 29.3 Å². The Balaban J connectivity index is 1.73. The fraction of sp³-hybridized carbons (Fsp3) is 0.917. The summed E-state index contributed by atoms with van der Waals surface area (Å²) in [6.45, 7) is 3.08. The Hall–Kier alpha value is 0.330. The highest BCUT2D eigenvalue weighted by atomic mass is 32.2. The molecule has 2 fully saturated rings. The first-order chi connectivity index (χ1) is 7.77. The van der Waals surface area contributed by atoms with Gasteiger partial charge in [0.05, 0.1) is 11.4 Å². The van der Waals surface area contributed by atoms with Crippen molar-refractivity contribution in [1.29, 1.82) is 0 Å². The number of carbonyl (C=O) groups excluding carboxylic acids is 1. The quantitative estimate of drug-likeness (QED) is 0.776. The van der Waals surface area contributed by atoms with E-state index in [4.69, 9.17) is 4.74 Å². The zero-order chi connectivity index (χ0) is 11.4. The number of Topliss-reactive ketones (excluding diaryl/α,β-unsaturated/α-hetero) is 1. The zero-order valence-corrected chi connectivity index (χ0v) is 11.4. The number of ether oxygens (including phenoxy) is 1. The molecule has 2 rings (SSSR count). The van der Waals surface area contributed by atoms with Gasteiger partial charge in [-0.2, -0.15) is 11.8 Å². The van der Waals surface area contributed by atoms with E-state index in [1.165, 1.54) is 12.2 Å². The molecule has 0 amide bonds. The molecule has 0 spiro atoms. The number of carbonyl (C=O) groups is 1. The Kier molecular flexibility index (Phi) is 5.04. The van der Waals surface area contributed by atoms with E-state index in [0.29, 0.717) is 23.6 Å². The second-order valence-corrected chi connectivity index (χ2v) is 7.24. The number of hydrogen-bond acceptors (Lipinski definition) is 4. The van der Waals surface area contributed by atoms with Crippen LogP contribution in [0.2, 0.25) is 0 Å². The highest BCUT2D eigenvalue weighted by molar-refractivity contribution is 8.07. The van der Waals surface area contributed by atoms with Crippen LogP contribution in [-0.4, -0.2) is 40.5 Å². The molecule has 0 aliphatic carbocycles. The predicted octanol–water partition coefficient (Wildman–Crippen LogP) is 2.75. The van der Waals surface area contributed by atoms with Crippen molar-refractivity contribution < 1.29 is 9.53 Å². The highest BCUT2D eigenvalue weighted by Crippen LogP contribution is 2.32. The molecule has 2 aliphatic heterocycles. The summed E-state index contributed by atoms with van der Waals surface area (Å²) in [7, 11) is 0. The molecule has 0 bridgehead atoms. The fourth-order valence-electron chi connectivity index (χ4n) is 2.30. The first kappa shape index (κ1) is 12.8. The average Bonchev–Trinajstić information content (AvgIpc) is 2.79.